The first-order chi connectivity index (χ1) is 13.0. The maximum atomic E-state index is 11.5. The number of aryl methyl sites for hydroxylation is 1. The number of aliphatic hydroxyl groups is 1. The third-order valence-corrected chi connectivity index (χ3v) is 7.29. The number of fused-ring (bicyclic) bond motifs is 5. The van der Waals surface area contributed by atoms with Crippen molar-refractivity contribution >= 4 is 0 Å². The third-order valence-electron chi connectivity index (χ3n) is 7.29. The quantitative estimate of drug-likeness (QED) is 0.856. The molecule has 1 aromatic rings. The minimum atomic E-state index is -2.84. The van der Waals surface area contributed by atoms with Crippen LogP contribution in [0.4, 0.5) is 0 Å². The number of hydrogen-bond acceptors (Lipinski definition) is 2. The summed E-state index contributed by atoms with van der Waals surface area (Å²) >= 11 is 0. The van der Waals surface area contributed by atoms with Gasteiger partial charge in [0.2, 0.25) is 0 Å². The molecule has 0 heterocycles. The van der Waals surface area contributed by atoms with Crippen LogP contribution in [0.25, 0.3) is 0 Å². The van der Waals surface area contributed by atoms with Crippen LogP contribution in [-0.2, 0) is 6.42 Å². The Morgan fingerprint density at radius 1 is 1.35 bits per heavy atom. The predicted octanol–water partition coefficient (Wildman–Crippen LogP) is 4.69. The molecule has 3 aliphatic rings. The van der Waals surface area contributed by atoms with Crippen LogP contribution in [0.5, 0.6) is 5.75 Å². The summed E-state index contributed by atoms with van der Waals surface area (Å²) in [5.41, 5.74) is 0.153. The minimum absolute atomic E-state index is 0.143. The molecule has 23 heavy (non-hydrogen) atoms. The van der Waals surface area contributed by atoms with Crippen LogP contribution in [0.1, 0.15) is 76.2 Å². The Kier molecular flexibility index (Phi) is 2.45. The molecule has 1 aromatic carbocycles. The summed E-state index contributed by atoms with van der Waals surface area (Å²) in [4.78, 5) is 0. The van der Waals surface area contributed by atoms with E-state index in [4.69, 9.17) is 11.6 Å². The van der Waals surface area contributed by atoms with E-state index in [1.165, 1.54) is 11.1 Å². The maximum absolute atomic E-state index is 11.5. The van der Waals surface area contributed by atoms with Crippen LogP contribution in [0, 0.1) is 17.3 Å². The molecule has 5 atom stereocenters. The molecule has 4 rings (SSSR count). The van der Waals surface area contributed by atoms with Crippen LogP contribution < -0.4 is 4.74 Å². The van der Waals surface area contributed by atoms with E-state index in [1.807, 2.05) is 13.0 Å². The van der Waals surface area contributed by atoms with Crippen molar-refractivity contribution in [1.82, 2.24) is 0 Å². The lowest BCUT2D eigenvalue weighted by molar-refractivity contribution is -0.104. The third kappa shape index (κ3) is 2.03. The van der Waals surface area contributed by atoms with E-state index in [1.54, 1.807) is 7.11 Å². The van der Waals surface area contributed by atoms with Gasteiger partial charge in [0.25, 0.3) is 0 Å². The van der Waals surface area contributed by atoms with Crippen LogP contribution in [-0.4, -0.2) is 17.8 Å². The molecule has 126 valence electrons. The minimum Gasteiger partial charge on any atom is -0.497 e. The van der Waals surface area contributed by atoms with Gasteiger partial charge in [0, 0.05) is 6.85 Å². The summed E-state index contributed by atoms with van der Waals surface area (Å²) in [5.74, 6) is 1.78. The van der Waals surface area contributed by atoms with Crippen molar-refractivity contribution in [1.29, 1.82) is 0 Å². The fraction of sp³-hybridized carbons (Fsp3) is 0.714. The fourth-order valence-corrected chi connectivity index (χ4v) is 5.91. The monoisotopic (exact) mass is 319 g/mol. The largest absolute Gasteiger partial charge is 0.497 e. The van der Waals surface area contributed by atoms with Crippen LogP contribution in [0.2, 0.25) is 0 Å². The molecule has 2 nitrogen and oxygen atoms in total. The molecule has 1 N–H and O–H groups in total. The second-order valence-corrected chi connectivity index (χ2v) is 7.96. The predicted molar refractivity (Wildman–Crippen MR) is 92.9 cm³/mol. The SMILES string of the molecule is [2H]C([2H])([2H])C([2H])([2H])[C@]1(O)CC[C@H]2[C@@H]3CCc4cc(OC)ccc4[C@H]3CC[C@@]21C. The highest BCUT2D eigenvalue weighted by Crippen LogP contribution is 2.64. The second-order valence-electron chi connectivity index (χ2n) is 7.96. The Bertz CT molecular complexity index is 777. The lowest BCUT2D eigenvalue weighted by Gasteiger charge is -2.53. The van der Waals surface area contributed by atoms with Gasteiger partial charge in [-0.2, -0.15) is 0 Å². The number of rotatable bonds is 2. The van der Waals surface area contributed by atoms with Crippen molar-refractivity contribution < 1.29 is 16.7 Å². The number of benzene rings is 1. The first-order valence-electron chi connectivity index (χ1n) is 11.4. The lowest BCUT2D eigenvalue weighted by Crippen LogP contribution is -2.50. The summed E-state index contributed by atoms with van der Waals surface area (Å²) in [6, 6.07) is 6.29. The van der Waals surface area contributed by atoms with Crippen molar-refractivity contribution in [3.8, 4) is 5.75 Å². The van der Waals surface area contributed by atoms with Gasteiger partial charge < -0.3 is 9.84 Å². The number of hydrogen-bond donors (Lipinski definition) is 1. The van der Waals surface area contributed by atoms with Gasteiger partial charge in [-0.05, 0) is 91.3 Å². The van der Waals surface area contributed by atoms with Gasteiger partial charge in [-0.25, -0.2) is 0 Å². The van der Waals surface area contributed by atoms with E-state index >= 15 is 0 Å². The molecule has 2 heteroatoms. The number of ether oxygens (including phenoxy) is 1. The Morgan fingerprint density at radius 3 is 3.00 bits per heavy atom. The Morgan fingerprint density at radius 2 is 2.22 bits per heavy atom. The summed E-state index contributed by atoms with van der Waals surface area (Å²) in [6.07, 6.45) is 1.75. The molecule has 0 unspecified atom stereocenters. The standard InChI is InChI=1S/C21H30O2/c1-4-21(22)12-10-19-18-7-5-14-13-15(23-3)6-8-16(14)17(18)9-11-20(19,21)2/h6,8,13,17-19,22H,4-5,7,9-12H2,1-3H3/t17-,18-,19+,20+,21+/m1/s1/i1D3,4D2. The van der Waals surface area contributed by atoms with E-state index in [2.05, 4.69) is 12.1 Å². The Labute approximate surface area is 147 Å². The zero-order valence-corrected chi connectivity index (χ0v) is 14.1. The highest BCUT2D eigenvalue weighted by molar-refractivity contribution is 5.40. The van der Waals surface area contributed by atoms with Crippen molar-refractivity contribution in [2.45, 2.75) is 70.2 Å². The molecule has 0 saturated heterocycles. The van der Waals surface area contributed by atoms with Crippen LogP contribution >= 0.6 is 0 Å². The normalized spacial score (nSPS) is 46.2. The molecule has 0 aromatic heterocycles. The van der Waals surface area contributed by atoms with E-state index < -0.39 is 24.2 Å². The molecule has 0 bridgehead atoms. The molecule has 0 aliphatic heterocycles. The van der Waals surface area contributed by atoms with Crippen molar-refractivity contribution in [3.05, 3.63) is 29.3 Å². The summed E-state index contributed by atoms with van der Waals surface area (Å²) < 4.78 is 45.2. The van der Waals surface area contributed by atoms with Gasteiger partial charge >= 0.3 is 0 Å². The first kappa shape index (κ1) is 10.8. The van der Waals surface area contributed by atoms with E-state index in [0.29, 0.717) is 24.7 Å². The molecule has 2 saturated carbocycles. The highest BCUT2D eigenvalue weighted by Gasteiger charge is 2.60. The highest BCUT2D eigenvalue weighted by atomic mass is 16.5. The lowest BCUT2D eigenvalue weighted by atomic mass is 9.53. The summed E-state index contributed by atoms with van der Waals surface area (Å²) in [5, 5.41) is 11.5. The zero-order valence-electron chi connectivity index (χ0n) is 19.1. The van der Waals surface area contributed by atoms with Crippen molar-refractivity contribution in [2.75, 3.05) is 7.11 Å². The van der Waals surface area contributed by atoms with E-state index in [9.17, 15) is 5.11 Å². The molecule has 2 fully saturated rings. The van der Waals surface area contributed by atoms with Crippen LogP contribution in [0.3, 0.4) is 0 Å². The van der Waals surface area contributed by atoms with Gasteiger partial charge in [-0.1, -0.05) is 19.8 Å². The average molecular weight is 319 g/mol. The maximum Gasteiger partial charge on any atom is 0.119 e. The van der Waals surface area contributed by atoms with E-state index in [-0.39, 0.29) is 12.3 Å². The van der Waals surface area contributed by atoms with Crippen molar-refractivity contribution in [2.24, 2.45) is 17.3 Å². The first-order valence-corrected chi connectivity index (χ1v) is 8.85. The Balaban J connectivity index is 1.69. The topological polar surface area (TPSA) is 29.5 Å². The second kappa shape index (κ2) is 5.24. The van der Waals surface area contributed by atoms with E-state index in [0.717, 1.165) is 25.0 Å². The molecular weight excluding hydrogens is 284 g/mol. The molecule has 0 spiro atoms. The van der Waals surface area contributed by atoms with Crippen LogP contribution in [0.15, 0.2) is 18.2 Å². The van der Waals surface area contributed by atoms with Crippen molar-refractivity contribution in [3.63, 3.8) is 0 Å². The van der Waals surface area contributed by atoms with Gasteiger partial charge in [-0.3, -0.25) is 0 Å². The fourth-order valence-electron chi connectivity index (χ4n) is 5.91. The molecular formula is C21H30O2. The van der Waals surface area contributed by atoms with Gasteiger partial charge in [0.05, 0.1) is 12.7 Å². The zero-order chi connectivity index (χ0) is 20.5. The Hall–Kier alpha value is -1.02. The molecule has 3 aliphatic carbocycles. The van der Waals surface area contributed by atoms with Gasteiger partial charge in [0.15, 0.2) is 0 Å². The molecule has 0 radical (unpaired) electrons. The average Bonchev–Trinajstić information content (AvgIpc) is 2.92. The van der Waals surface area contributed by atoms with Gasteiger partial charge in [-0.15, -0.1) is 0 Å². The number of methoxy groups -OCH3 is 1. The molecule has 0 amide bonds. The summed E-state index contributed by atoms with van der Waals surface area (Å²) in [6.45, 7) is -0.903. The smallest absolute Gasteiger partial charge is 0.119 e. The van der Waals surface area contributed by atoms with Gasteiger partial charge in [0.1, 0.15) is 5.75 Å². The summed E-state index contributed by atoms with van der Waals surface area (Å²) in [7, 11) is 1.68.